The van der Waals surface area contributed by atoms with Gasteiger partial charge in [-0.05, 0) is 32.4 Å². The van der Waals surface area contributed by atoms with Gasteiger partial charge in [0, 0.05) is 13.0 Å². The Morgan fingerprint density at radius 2 is 2.62 bits per heavy atom. The molecule has 4 heteroatoms. The molecule has 0 saturated carbocycles. The molecule has 1 aromatic rings. The molecule has 13 heavy (non-hydrogen) atoms. The van der Waals surface area contributed by atoms with Crippen molar-refractivity contribution in [2.45, 2.75) is 26.3 Å². The van der Waals surface area contributed by atoms with Gasteiger partial charge in [0.15, 0.2) is 0 Å². The first-order valence-electron chi connectivity index (χ1n) is 4.97. The zero-order valence-electron chi connectivity index (χ0n) is 8.03. The van der Waals surface area contributed by atoms with Crippen LogP contribution in [0.5, 0.6) is 0 Å². The highest BCUT2D eigenvalue weighted by molar-refractivity contribution is 4.90. The van der Waals surface area contributed by atoms with Crippen molar-refractivity contribution < 1.29 is 0 Å². The summed E-state index contributed by atoms with van der Waals surface area (Å²) < 4.78 is 2.12. The predicted molar refractivity (Wildman–Crippen MR) is 50.4 cm³/mol. The molecule has 0 aromatic carbocycles. The lowest BCUT2D eigenvalue weighted by Crippen LogP contribution is -2.13. The van der Waals surface area contributed by atoms with Crippen LogP contribution >= 0.6 is 0 Å². The van der Waals surface area contributed by atoms with Crippen molar-refractivity contribution in [3.8, 4) is 0 Å². The van der Waals surface area contributed by atoms with E-state index in [1.54, 1.807) is 0 Å². The van der Waals surface area contributed by atoms with Gasteiger partial charge in [0.1, 0.15) is 12.2 Å². The van der Waals surface area contributed by atoms with E-state index in [9.17, 15) is 0 Å². The van der Waals surface area contributed by atoms with Crippen molar-refractivity contribution in [1.82, 2.24) is 20.1 Å². The molecule has 0 aliphatic carbocycles. The average molecular weight is 180 g/mol. The van der Waals surface area contributed by atoms with Gasteiger partial charge in [-0.2, -0.15) is 0 Å². The maximum Gasteiger partial charge on any atom is 0.133 e. The molecule has 1 saturated heterocycles. The Morgan fingerprint density at radius 1 is 1.69 bits per heavy atom. The predicted octanol–water partition coefficient (Wildman–Crippen LogP) is 0.450. The third-order valence-electron chi connectivity index (χ3n) is 2.67. The highest BCUT2D eigenvalue weighted by Crippen LogP contribution is 2.13. The molecule has 1 fully saturated rings. The molecular formula is C9H16N4. The molecule has 0 spiro atoms. The molecule has 1 aromatic heterocycles. The average Bonchev–Trinajstić information content (AvgIpc) is 2.76. The zero-order chi connectivity index (χ0) is 9.10. The first-order chi connectivity index (χ1) is 6.40. The van der Waals surface area contributed by atoms with Crippen molar-refractivity contribution >= 4 is 0 Å². The topological polar surface area (TPSA) is 42.7 Å². The second-order valence-corrected chi connectivity index (χ2v) is 3.60. The van der Waals surface area contributed by atoms with E-state index >= 15 is 0 Å². The van der Waals surface area contributed by atoms with Crippen LogP contribution in [0.4, 0.5) is 0 Å². The summed E-state index contributed by atoms with van der Waals surface area (Å²) in [6, 6.07) is 0. The minimum Gasteiger partial charge on any atom is -0.318 e. The Morgan fingerprint density at radius 3 is 3.31 bits per heavy atom. The van der Waals surface area contributed by atoms with Crippen LogP contribution in [-0.2, 0) is 13.0 Å². The Hall–Kier alpha value is -0.900. The van der Waals surface area contributed by atoms with Gasteiger partial charge in [-0.1, -0.05) is 0 Å². The lowest BCUT2D eigenvalue weighted by molar-refractivity contribution is 0.538. The minimum atomic E-state index is 0.759. The van der Waals surface area contributed by atoms with Gasteiger partial charge in [0.2, 0.25) is 0 Å². The fourth-order valence-corrected chi connectivity index (χ4v) is 1.85. The summed E-state index contributed by atoms with van der Waals surface area (Å²) in [5, 5.41) is 11.4. The molecule has 1 atom stereocenters. The van der Waals surface area contributed by atoms with Crippen LogP contribution in [0.3, 0.4) is 0 Å². The number of hydrogen-bond donors (Lipinski definition) is 1. The molecule has 1 unspecified atom stereocenters. The number of nitrogens with one attached hydrogen (secondary N) is 1. The number of rotatable bonds is 3. The highest BCUT2D eigenvalue weighted by Gasteiger charge is 2.17. The number of hydrogen-bond acceptors (Lipinski definition) is 3. The SMILES string of the molecule is CCn1cnnc1CC1CCNC1. The van der Waals surface area contributed by atoms with Crippen LogP contribution in [0.2, 0.25) is 0 Å². The van der Waals surface area contributed by atoms with Crippen LogP contribution in [0, 0.1) is 5.92 Å². The molecule has 1 aliphatic heterocycles. The van der Waals surface area contributed by atoms with Crippen molar-refractivity contribution in [2.75, 3.05) is 13.1 Å². The maximum absolute atomic E-state index is 4.14. The Bertz CT molecular complexity index is 262. The van der Waals surface area contributed by atoms with Gasteiger partial charge in [-0.3, -0.25) is 0 Å². The molecular weight excluding hydrogens is 164 g/mol. The summed E-state index contributed by atoms with van der Waals surface area (Å²) in [5.41, 5.74) is 0. The molecule has 72 valence electrons. The molecule has 2 heterocycles. The standard InChI is InChI=1S/C9H16N4/c1-2-13-7-11-12-9(13)5-8-3-4-10-6-8/h7-8,10H,2-6H2,1H3. The molecule has 1 N–H and O–H groups in total. The van der Waals surface area contributed by atoms with E-state index < -0.39 is 0 Å². The van der Waals surface area contributed by atoms with Crippen molar-refractivity contribution in [3.05, 3.63) is 12.2 Å². The van der Waals surface area contributed by atoms with Gasteiger partial charge >= 0.3 is 0 Å². The first-order valence-corrected chi connectivity index (χ1v) is 4.97. The molecule has 0 amide bonds. The van der Waals surface area contributed by atoms with Crippen molar-refractivity contribution in [1.29, 1.82) is 0 Å². The summed E-state index contributed by atoms with van der Waals surface area (Å²) in [5.74, 6) is 1.89. The Balaban J connectivity index is 1.99. The van der Waals surface area contributed by atoms with E-state index in [1.165, 1.54) is 6.42 Å². The normalized spacial score (nSPS) is 22.4. The van der Waals surface area contributed by atoms with E-state index in [2.05, 4.69) is 27.0 Å². The molecule has 2 rings (SSSR count). The number of aryl methyl sites for hydroxylation is 1. The van der Waals surface area contributed by atoms with Crippen LogP contribution in [0.15, 0.2) is 6.33 Å². The second kappa shape index (κ2) is 3.87. The lowest BCUT2D eigenvalue weighted by Gasteiger charge is -2.07. The first kappa shape index (κ1) is 8.69. The third-order valence-corrected chi connectivity index (χ3v) is 2.67. The van der Waals surface area contributed by atoms with Crippen LogP contribution in [-0.4, -0.2) is 27.9 Å². The summed E-state index contributed by atoms with van der Waals surface area (Å²) >= 11 is 0. The summed E-state index contributed by atoms with van der Waals surface area (Å²) in [6.45, 7) is 5.39. The zero-order valence-corrected chi connectivity index (χ0v) is 8.03. The quantitative estimate of drug-likeness (QED) is 0.734. The van der Waals surface area contributed by atoms with Crippen LogP contribution in [0.1, 0.15) is 19.2 Å². The molecule has 4 nitrogen and oxygen atoms in total. The van der Waals surface area contributed by atoms with Crippen LogP contribution in [0.25, 0.3) is 0 Å². The minimum absolute atomic E-state index is 0.759. The van der Waals surface area contributed by atoms with Crippen molar-refractivity contribution in [3.63, 3.8) is 0 Å². The molecule has 0 bridgehead atoms. The van der Waals surface area contributed by atoms with E-state index in [-0.39, 0.29) is 0 Å². The van der Waals surface area contributed by atoms with Gasteiger partial charge in [-0.15, -0.1) is 10.2 Å². The van der Waals surface area contributed by atoms with E-state index in [0.29, 0.717) is 0 Å². The third kappa shape index (κ3) is 1.88. The fourth-order valence-electron chi connectivity index (χ4n) is 1.85. The summed E-state index contributed by atoms with van der Waals surface area (Å²) in [4.78, 5) is 0. The Labute approximate surface area is 78.4 Å². The number of nitrogens with zero attached hydrogens (tertiary/aromatic N) is 3. The summed E-state index contributed by atoms with van der Waals surface area (Å²) in [7, 11) is 0. The second-order valence-electron chi connectivity index (χ2n) is 3.60. The maximum atomic E-state index is 4.14. The largest absolute Gasteiger partial charge is 0.318 e. The van der Waals surface area contributed by atoms with Crippen molar-refractivity contribution in [2.24, 2.45) is 5.92 Å². The van der Waals surface area contributed by atoms with Gasteiger partial charge in [0.25, 0.3) is 0 Å². The van der Waals surface area contributed by atoms with Gasteiger partial charge < -0.3 is 9.88 Å². The van der Waals surface area contributed by atoms with Crippen LogP contribution < -0.4 is 5.32 Å². The van der Waals surface area contributed by atoms with E-state index in [0.717, 1.165) is 37.8 Å². The smallest absolute Gasteiger partial charge is 0.133 e. The number of aromatic nitrogens is 3. The summed E-state index contributed by atoms with van der Waals surface area (Å²) in [6.07, 6.45) is 4.16. The highest BCUT2D eigenvalue weighted by atomic mass is 15.3. The van der Waals surface area contributed by atoms with Gasteiger partial charge in [-0.25, -0.2) is 0 Å². The Kier molecular flexibility index (Phi) is 2.59. The monoisotopic (exact) mass is 180 g/mol. The lowest BCUT2D eigenvalue weighted by atomic mass is 10.0. The molecule has 0 radical (unpaired) electrons. The van der Waals surface area contributed by atoms with E-state index in [1.807, 2.05) is 6.33 Å². The van der Waals surface area contributed by atoms with Gasteiger partial charge in [0.05, 0.1) is 0 Å². The fraction of sp³-hybridized carbons (Fsp3) is 0.778. The molecule has 1 aliphatic rings. The van der Waals surface area contributed by atoms with E-state index in [4.69, 9.17) is 0 Å².